The molecule has 122 valence electrons. The molecule has 2 N–H and O–H groups in total. The number of rotatable bonds is 5. The van der Waals surface area contributed by atoms with Crippen LogP contribution < -0.4 is 5.73 Å². The van der Waals surface area contributed by atoms with E-state index in [1.165, 1.54) is 0 Å². The van der Waals surface area contributed by atoms with Crippen molar-refractivity contribution in [1.29, 1.82) is 0 Å². The molecule has 0 bridgehead atoms. The minimum Gasteiger partial charge on any atom is -0.497 e. The fraction of sp³-hybridized carbons (Fsp3) is 0.150. The van der Waals surface area contributed by atoms with Crippen LogP contribution in [0.25, 0.3) is 0 Å². The van der Waals surface area contributed by atoms with Gasteiger partial charge in [0, 0.05) is 5.69 Å². The fourth-order valence-electron chi connectivity index (χ4n) is 2.57. The molecule has 3 rings (SSSR count). The molecule has 0 fully saturated rings. The average molecular weight is 320 g/mol. The molecule has 1 atom stereocenters. The van der Waals surface area contributed by atoms with Crippen molar-refractivity contribution < 1.29 is 9.57 Å². The standard InChI is InChI=1S/C20H20N2O2/c1-23-18-10-11-20(22-24-14-15-6-3-2-4-7-15)19(13-18)16-8-5-9-17(21)12-16/h2-13,19H,14,21H2,1H3. The van der Waals surface area contributed by atoms with Crippen molar-refractivity contribution in [3.8, 4) is 0 Å². The Labute approximate surface area is 141 Å². The van der Waals surface area contributed by atoms with E-state index in [2.05, 4.69) is 5.16 Å². The molecular formula is C20H20N2O2. The van der Waals surface area contributed by atoms with E-state index in [0.29, 0.717) is 6.61 Å². The number of oxime groups is 1. The molecule has 24 heavy (non-hydrogen) atoms. The van der Waals surface area contributed by atoms with E-state index in [9.17, 15) is 0 Å². The lowest BCUT2D eigenvalue weighted by Crippen LogP contribution is -2.13. The first-order valence-corrected chi connectivity index (χ1v) is 7.79. The topological polar surface area (TPSA) is 56.8 Å². The van der Waals surface area contributed by atoms with Gasteiger partial charge in [0.15, 0.2) is 0 Å². The van der Waals surface area contributed by atoms with Crippen LogP contribution in [0.3, 0.4) is 0 Å². The Kier molecular flexibility index (Phi) is 4.96. The molecular weight excluding hydrogens is 300 g/mol. The molecule has 0 saturated carbocycles. The monoisotopic (exact) mass is 320 g/mol. The SMILES string of the molecule is COC1=CC(c2cccc(N)c2)C(=NOCc2ccccc2)C=C1. The summed E-state index contributed by atoms with van der Waals surface area (Å²) < 4.78 is 5.34. The van der Waals surface area contributed by atoms with Gasteiger partial charge in [0.25, 0.3) is 0 Å². The number of nitrogens with two attached hydrogens (primary N) is 1. The third-order valence-corrected chi connectivity index (χ3v) is 3.82. The number of hydrogen-bond donors (Lipinski definition) is 1. The second kappa shape index (κ2) is 7.51. The highest BCUT2D eigenvalue weighted by Crippen LogP contribution is 2.27. The van der Waals surface area contributed by atoms with Gasteiger partial charge in [-0.2, -0.15) is 0 Å². The first-order valence-electron chi connectivity index (χ1n) is 7.79. The van der Waals surface area contributed by atoms with Crippen LogP contribution in [-0.4, -0.2) is 12.8 Å². The van der Waals surface area contributed by atoms with E-state index >= 15 is 0 Å². The highest BCUT2D eigenvalue weighted by molar-refractivity contribution is 6.02. The van der Waals surface area contributed by atoms with Gasteiger partial charge in [-0.3, -0.25) is 0 Å². The molecule has 0 aromatic heterocycles. The Balaban J connectivity index is 1.80. The van der Waals surface area contributed by atoms with Crippen LogP contribution in [0.5, 0.6) is 0 Å². The summed E-state index contributed by atoms with van der Waals surface area (Å²) in [5.41, 5.74) is 9.58. The number of nitrogen functional groups attached to an aromatic ring is 1. The Hall–Kier alpha value is -3.01. The summed E-state index contributed by atoms with van der Waals surface area (Å²) in [5.74, 6) is 0.744. The zero-order chi connectivity index (χ0) is 16.8. The summed E-state index contributed by atoms with van der Waals surface area (Å²) >= 11 is 0. The Morgan fingerprint density at radius 1 is 1.04 bits per heavy atom. The van der Waals surface area contributed by atoms with Crippen molar-refractivity contribution >= 4 is 11.4 Å². The molecule has 4 nitrogen and oxygen atoms in total. The lowest BCUT2D eigenvalue weighted by Gasteiger charge is -2.19. The minimum absolute atomic E-state index is 0.0516. The largest absolute Gasteiger partial charge is 0.497 e. The fourth-order valence-corrected chi connectivity index (χ4v) is 2.57. The number of allylic oxidation sites excluding steroid dienone is 3. The van der Waals surface area contributed by atoms with Crippen molar-refractivity contribution in [3.05, 3.63) is 89.7 Å². The van der Waals surface area contributed by atoms with E-state index in [0.717, 1.165) is 28.3 Å². The lowest BCUT2D eigenvalue weighted by atomic mass is 9.90. The van der Waals surface area contributed by atoms with E-state index in [1.807, 2.05) is 72.8 Å². The van der Waals surface area contributed by atoms with Crippen molar-refractivity contribution in [1.82, 2.24) is 0 Å². The van der Waals surface area contributed by atoms with Crippen LogP contribution in [-0.2, 0) is 16.2 Å². The summed E-state index contributed by atoms with van der Waals surface area (Å²) in [6.07, 6.45) is 5.81. The molecule has 1 aliphatic rings. The molecule has 0 saturated heterocycles. The number of benzene rings is 2. The first kappa shape index (κ1) is 15.9. The van der Waals surface area contributed by atoms with Gasteiger partial charge in [-0.15, -0.1) is 0 Å². The number of ether oxygens (including phenoxy) is 1. The normalized spacial score (nSPS) is 18.3. The molecule has 2 aromatic carbocycles. The number of anilines is 1. The predicted molar refractivity (Wildman–Crippen MR) is 96.5 cm³/mol. The lowest BCUT2D eigenvalue weighted by molar-refractivity contribution is 0.130. The maximum atomic E-state index is 5.91. The maximum absolute atomic E-state index is 5.91. The van der Waals surface area contributed by atoms with Crippen LogP contribution >= 0.6 is 0 Å². The highest BCUT2D eigenvalue weighted by Gasteiger charge is 2.20. The van der Waals surface area contributed by atoms with Gasteiger partial charge in [-0.05, 0) is 41.5 Å². The first-order chi connectivity index (χ1) is 11.8. The van der Waals surface area contributed by atoms with Gasteiger partial charge < -0.3 is 15.3 Å². The second-order valence-corrected chi connectivity index (χ2v) is 5.53. The second-order valence-electron chi connectivity index (χ2n) is 5.53. The molecule has 1 unspecified atom stereocenters. The Bertz CT molecular complexity index is 779. The third-order valence-electron chi connectivity index (χ3n) is 3.82. The molecule has 4 heteroatoms. The van der Waals surface area contributed by atoms with Crippen molar-refractivity contribution in [2.45, 2.75) is 12.5 Å². The molecule has 0 radical (unpaired) electrons. The van der Waals surface area contributed by atoms with Crippen molar-refractivity contribution in [2.24, 2.45) is 5.16 Å². The molecule has 2 aromatic rings. The van der Waals surface area contributed by atoms with Crippen LogP contribution in [0.15, 0.2) is 83.7 Å². The van der Waals surface area contributed by atoms with Gasteiger partial charge >= 0.3 is 0 Å². The summed E-state index contributed by atoms with van der Waals surface area (Å²) in [6.45, 7) is 0.433. The van der Waals surface area contributed by atoms with Crippen molar-refractivity contribution in [2.75, 3.05) is 12.8 Å². The molecule has 0 spiro atoms. The van der Waals surface area contributed by atoms with Crippen LogP contribution in [0.2, 0.25) is 0 Å². The molecule has 1 aliphatic carbocycles. The number of hydrogen-bond acceptors (Lipinski definition) is 4. The molecule has 0 amide bonds. The Morgan fingerprint density at radius 3 is 2.62 bits per heavy atom. The van der Waals surface area contributed by atoms with Crippen LogP contribution in [0.1, 0.15) is 17.0 Å². The van der Waals surface area contributed by atoms with Gasteiger partial charge in [0.1, 0.15) is 12.4 Å². The van der Waals surface area contributed by atoms with E-state index < -0.39 is 0 Å². The smallest absolute Gasteiger partial charge is 0.142 e. The van der Waals surface area contributed by atoms with Crippen LogP contribution in [0, 0.1) is 0 Å². The number of methoxy groups -OCH3 is 1. The Morgan fingerprint density at radius 2 is 1.88 bits per heavy atom. The zero-order valence-electron chi connectivity index (χ0n) is 13.6. The van der Waals surface area contributed by atoms with Crippen LogP contribution in [0.4, 0.5) is 5.69 Å². The van der Waals surface area contributed by atoms with E-state index in [-0.39, 0.29) is 5.92 Å². The van der Waals surface area contributed by atoms with Crippen molar-refractivity contribution in [3.63, 3.8) is 0 Å². The summed E-state index contributed by atoms with van der Waals surface area (Å²) in [7, 11) is 1.65. The van der Waals surface area contributed by atoms with E-state index in [1.54, 1.807) is 7.11 Å². The third kappa shape index (κ3) is 3.84. The highest BCUT2D eigenvalue weighted by atomic mass is 16.6. The summed E-state index contributed by atoms with van der Waals surface area (Å²) in [4.78, 5) is 5.55. The van der Waals surface area contributed by atoms with Gasteiger partial charge in [0.05, 0.1) is 18.7 Å². The zero-order valence-corrected chi connectivity index (χ0v) is 13.6. The maximum Gasteiger partial charge on any atom is 0.142 e. The predicted octanol–water partition coefficient (Wildman–Crippen LogP) is 4.03. The van der Waals surface area contributed by atoms with E-state index in [4.69, 9.17) is 15.3 Å². The van der Waals surface area contributed by atoms with Gasteiger partial charge in [-0.1, -0.05) is 47.6 Å². The van der Waals surface area contributed by atoms with Gasteiger partial charge in [0.2, 0.25) is 0 Å². The minimum atomic E-state index is -0.0516. The average Bonchev–Trinajstić information content (AvgIpc) is 2.63. The summed E-state index contributed by atoms with van der Waals surface area (Å²) in [6, 6.07) is 17.7. The number of nitrogens with zero attached hydrogens (tertiary/aromatic N) is 1. The van der Waals surface area contributed by atoms with Gasteiger partial charge in [-0.25, -0.2) is 0 Å². The molecule has 0 aliphatic heterocycles. The quantitative estimate of drug-likeness (QED) is 0.668. The molecule has 0 heterocycles. The summed E-state index contributed by atoms with van der Waals surface area (Å²) in [5, 5.41) is 4.32.